The number of hydrogen-bond acceptors (Lipinski definition) is 3. The molecule has 1 saturated heterocycles. The van der Waals surface area contributed by atoms with E-state index in [1.54, 1.807) is 12.1 Å². The molecule has 2 atom stereocenters. The van der Waals surface area contributed by atoms with Crippen LogP contribution in [0.1, 0.15) is 28.4 Å². The van der Waals surface area contributed by atoms with Crippen molar-refractivity contribution in [2.75, 3.05) is 13.1 Å². The Kier molecular flexibility index (Phi) is 6.18. The number of aryl methyl sites for hydroxylation is 1. The fourth-order valence-corrected chi connectivity index (χ4v) is 4.06. The van der Waals surface area contributed by atoms with Crippen molar-refractivity contribution in [1.29, 1.82) is 0 Å². The quantitative estimate of drug-likeness (QED) is 0.720. The first-order valence-corrected chi connectivity index (χ1v) is 9.37. The van der Waals surface area contributed by atoms with Crippen LogP contribution in [0.5, 0.6) is 0 Å². The Bertz CT molecular complexity index is 924. The molecule has 4 nitrogen and oxygen atoms in total. The molecule has 28 heavy (non-hydrogen) atoms. The van der Waals surface area contributed by atoms with Crippen LogP contribution in [-0.4, -0.2) is 33.8 Å². The van der Waals surface area contributed by atoms with Crippen LogP contribution in [0.15, 0.2) is 54.6 Å². The summed E-state index contributed by atoms with van der Waals surface area (Å²) in [7, 11) is 0. The van der Waals surface area contributed by atoms with E-state index >= 15 is 0 Å². The highest BCUT2D eigenvalue weighted by molar-refractivity contribution is 5.85. The minimum atomic E-state index is -0.237. The van der Waals surface area contributed by atoms with Crippen LogP contribution >= 0.6 is 12.4 Å². The normalized spacial score (nSPS) is 19.6. The summed E-state index contributed by atoms with van der Waals surface area (Å²) in [6.07, 6.45) is 0. The number of halogens is 2. The van der Waals surface area contributed by atoms with Crippen LogP contribution in [0.25, 0.3) is 5.69 Å². The van der Waals surface area contributed by atoms with Crippen LogP contribution in [0.3, 0.4) is 0 Å². The summed E-state index contributed by atoms with van der Waals surface area (Å²) < 4.78 is 15.1. The highest BCUT2D eigenvalue weighted by Gasteiger charge is 2.32. The van der Waals surface area contributed by atoms with Gasteiger partial charge in [-0.3, -0.25) is 4.90 Å². The summed E-state index contributed by atoms with van der Waals surface area (Å²) in [6.45, 7) is 6.76. The molecule has 2 aromatic carbocycles. The van der Waals surface area contributed by atoms with Crippen LogP contribution in [0.2, 0.25) is 0 Å². The number of nitrogens with zero attached hydrogens (tertiary/aromatic N) is 3. The van der Waals surface area contributed by atoms with E-state index < -0.39 is 0 Å². The SMILES string of the molecule is Cc1nn(-c2ccc(F)cc2)c(C)c1CN1C[C@@H](N)[C@H](c2ccccc2)C1.Cl. The average Bonchev–Trinajstić information content (AvgIpc) is 3.18. The van der Waals surface area contributed by atoms with Crippen molar-refractivity contribution in [3.05, 3.63) is 82.9 Å². The third-order valence-corrected chi connectivity index (χ3v) is 5.56. The van der Waals surface area contributed by atoms with Crippen LogP contribution in [-0.2, 0) is 6.54 Å². The second-order valence-corrected chi connectivity index (χ2v) is 7.41. The maximum atomic E-state index is 13.2. The van der Waals surface area contributed by atoms with E-state index in [0.29, 0.717) is 5.92 Å². The summed E-state index contributed by atoms with van der Waals surface area (Å²) in [5.74, 6) is 0.123. The van der Waals surface area contributed by atoms with Gasteiger partial charge >= 0.3 is 0 Å². The average molecular weight is 401 g/mol. The molecule has 6 heteroatoms. The van der Waals surface area contributed by atoms with E-state index in [9.17, 15) is 4.39 Å². The summed E-state index contributed by atoms with van der Waals surface area (Å²) in [6, 6.07) is 17.1. The molecule has 3 aromatic rings. The van der Waals surface area contributed by atoms with Gasteiger partial charge in [-0.05, 0) is 43.7 Å². The predicted molar refractivity (Wildman–Crippen MR) is 113 cm³/mol. The molecule has 2 N–H and O–H groups in total. The van der Waals surface area contributed by atoms with Crippen molar-refractivity contribution in [3.63, 3.8) is 0 Å². The number of benzene rings is 2. The van der Waals surface area contributed by atoms with Crippen molar-refractivity contribution in [1.82, 2.24) is 14.7 Å². The molecule has 1 aromatic heterocycles. The zero-order valence-electron chi connectivity index (χ0n) is 16.2. The Morgan fingerprint density at radius 3 is 2.39 bits per heavy atom. The number of nitrogens with two attached hydrogens (primary N) is 1. The maximum absolute atomic E-state index is 13.2. The number of rotatable bonds is 4. The van der Waals surface area contributed by atoms with Gasteiger partial charge in [0.05, 0.1) is 11.4 Å². The molecular weight excluding hydrogens is 375 g/mol. The Labute approximate surface area is 171 Å². The van der Waals surface area contributed by atoms with Crippen molar-refractivity contribution in [2.24, 2.45) is 5.73 Å². The van der Waals surface area contributed by atoms with Crippen LogP contribution < -0.4 is 5.73 Å². The van der Waals surface area contributed by atoms with E-state index in [1.807, 2.05) is 17.7 Å². The van der Waals surface area contributed by atoms with Crippen LogP contribution in [0, 0.1) is 19.7 Å². The van der Waals surface area contributed by atoms with Gasteiger partial charge in [0.2, 0.25) is 0 Å². The smallest absolute Gasteiger partial charge is 0.123 e. The largest absolute Gasteiger partial charge is 0.326 e. The molecule has 2 heterocycles. The van der Waals surface area contributed by atoms with Gasteiger partial charge in [-0.25, -0.2) is 9.07 Å². The molecule has 0 unspecified atom stereocenters. The highest BCUT2D eigenvalue weighted by Crippen LogP contribution is 2.29. The first-order valence-electron chi connectivity index (χ1n) is 9.37. The van der Waals surface area contributed by atoms with Gasteiger partial charge in [-0.15, -0.1) is 12.4 Å². The van der Waals surface area contributed by atoms with Crippen molar-refractivity contribution < 1.29 is 4.39 Å². The molecule has 1 aliphatic heterocycles. The zero-order chi connectivity index (χ0) is 19.0. The number of likely N-dealkylation sites (tertiary alicyclic amines) is 1. The molecule has 0 spiro atoms. The molecule has 0 bridgehead atoms. The Morgan fingerprint density at radius 1 is 1.04 bits per heavy atom. The molecule has 4 rings (SSSR count). The van der Waals surface area contributed by atoms with Gasteiger partial charge in [0.15, 0.2) is 0 Å². The lowest BCUT2D eigenvalue weighted by Crippen LogP contribution is -2.28. The standard InChI is InChI=1S/C22H25FN4.ClH/c1-15-20(16(2)27(25-15)19-10-8-18(23)9-11-19)12-26-13-21(22(24)14-26)17-6-4-3-5-7-17;/h3-11,21-22H,12-14,24H2,1-2H3;1H/t21-,22+;/m0./s1. The van der Waals surface area contributed by atoms with Gasteiger partial charge in [0, 0.05) is 42.9 Å². The fourth-order valence-electron chi connectivity index (χ4n) is 4.06. The molecular formula is C22H26ClFN4. The van der Waals surface area contributed by atoms with Crippen molar-refractivity contribution in [3.8, 4) is 5.69 Å². The summed E-state index contributed by atoms with van der Waals surface area (Å²) in [5.41, 5.74) is 12.0. The molecule has 1 fully saturated rings. The maximum Gasteiger partial charge on any atom is 0.123 e. The van der Waals surface area contributed by atoms with E-state index in [1.165, 1.54) is 23.3 Å². The lowest BCUT2D eigenvalue weighted by molar-refractivity contribution is 0.322. The fraction of sp³-hybridized carbons (Fsp3) is 0.318. The molecule has 0 saturated carbocycles. The van der Waals surface area contributed by atoms with E-state index in [-0.39, 0.29) is 24.3 Å². The second-order valence-electron chi connectivity index (χ2n) is 7.41. The second kappa shape index (κ2) is 8.43. The highest BCUT2D eigenvalue weighted by atomic mass is 35.5. The lowest BCUT2D eigenvalue weighted by Gasteiger charge is -2.16. The van der Waals surface area contributed by atoms with Gasteiger partial charge in [0.1, 0.15) is 5.82 Å². The van der Waals surface area contributed by atoms with Crippen molar-refractivity contribution in [2.45, 2.75) is 32.4 Å². The van der Waals surface area contributed by atoms with Gasteiger partial charge in [-0.1, -0.05) is 30.3 Å². The van der Waals surface area contributed by atoms with Gasteiger partial charge < -0.3 is 5.73 Å². The Morgan fingerprint density at radius 2 is 1.71 bits per heavy atom. The first kappa shape index (κ1) is 20.5. The number of aromatic nitrogens is 2. The Hall–Kier alpha value is -2.21. The van der Waals surface area contributed by atoms with Crippen molar-refractivity contribution >= 4 is 12.4 Å². The molecule has 0 radical (unpaired) electrons. The van der Waals surface area contributed by atoms with Crippen LogP contribution in [0.4, 0.5) is 4.39 Å². The summed E-state index contributed by atoms with van der Waals surface area (Å²) in [5, 5.41) is 4.68. The molecule has 0 amide bonds. The topological polar surface area (TPSA) is 47.1 Å². The van der Waals surface area contributed by atoms with Gasteiger partial charge in [0.25, 0.3) is 0 Å². The minimum Gasteiger partial charge on any atom is -0.326 e. The summed E-state index contributed by atoms with van der Waals surface area (Å²) >= 11 is 0. The minimum absolute atomic E-state index is 0. The Balaban J connectivity index is 0.00000225. The third kappa shape index (κ3) is 3.97. The van der Waals surface area contributed by atoms with E-state index in [4.69, 9.17) is 5.73 Å². The molecule has 0 aliphatic carbocycles. The first-order chi connectivity index (χ1) is 13.0. The van der Waals surface area contributed by atoms with E-state index in [0.717, 1.165) is 36.7 Å². The molecule has 1 aliphatic rings. The summed E-state index contributed by atoms with van der Waals surface area (Å²) in [4.78, 5) is 2.41. The van der Waals surface area contributed by atoms with Gasteiger partial charge in [-0.2, -0.15) is 5.10 Å². The molecule has 148 valence electrons. The third-order valence-electron chi connectivity index (χ3n) is 5.56. The number of hydrogen-bond donors (Lipinski definition) is 1. The predicted octanol–water partition coefficient (Wildman–Crippen LogP) is 3.98. The van der Waals surface area contributed by atoms with E-state index in [2.05, 4.69) is 41.2 Å². The monoisotopic (exact) mass is 400 g/mol. The zero-order valence-corrected chi connectivity index (χ0v) is 17.0. The lowest BCUT2D eigenvalue weighted by atomic mass is 9.95.